The van der Waals surface area contributed by atoms with Gasteiger partial charge in [-0.15, -0.1) is 5.10 Å². The molecule has 2 aromatic rings. The Bertz CT molecular complexity index is 563. The Morgan fingerprint density at radius 2 is 2.35 bits per heavy atom. The van der Waals surface area contributed by atoms with E-state index in [0.717, 1.165) is 31.0 Å². The Morgan fingerprint density at radius 3 is 3.05 bits per heavy atom. The standard InChI is InChI=1S/C14H19N5O/c1-10-3-4-13(19-9-15-17-18-19)7-14(10)16-11(2)12-5-6-20-8-12/h3-4,7,9,11-12,16H,5-6,8H2,1-2H3. The molecule has 1 aliphatic rings. The number of ether oxygens (including phenoxy) is 1. The van der Waals surface area contributed by atoms with Gasteiger partial charge in [0.25, 0.3) is 0 Å². The molecule has 3 rings (SSSR count). The van der Waals surface area contributed by atoms with E-state index in [1.54, 1.807) is 11.0 Å². The quantitative estimate of drug-likeness (QED) is 0.920. The molecule has 2 atom stereocenters. The van der Waals surface area contributed by atoms with Gasteiger partial charge in [0.2, 0.25) is 0 Å². The van der Waals surface area contributed by atoms with Gasteiger partial charge in [0.05, 0.1) is 12.3 Å². The van der Waals surface area contributed by atoms with E-state index in [-0.39, 0.29) is 0 Å². The van der Waals surface area contributed by atoms with Gasteiger partial charge in [0.15, 0.2) is 0 Å². The van der Waals surface area contributed by atoms with Crippen LogP contribution in [0.25, 0.3) is 5.69 Å². The maximum absolute atomic E-state index is 5.46. The minimum absolute atomic E-state index is 0.389. The molecule has 0 aliphatic carbocycles. The molecule has 1 aromatic heterocycles. The number of tetrazole rings is 1. The Balaban J connectivity index is 1.79. The first-order valence-corrected chi connectivity index (χ1v) is 6.92. The van der Waals surface area contributed by atoms with Crippen molar-refractivity contribution in [2.45, 2.75) is 26.3 Å². The van der Waals surface area contributed by atoms with Crippen LogP contribution in [0.2, 0.25) is 0 Å². The van der Waals surface area contributed by atoms with Crippen molar-refractivity contribution in [2.75, 3.05) is 18.5 Å². The van der Waals surface area contributed by atoms with Gasteiger partial charge in [-0.2, -0.15) is 0 Å². The van der Waals surface area contributed by atoms with Gasteiger partial charge in [-0.3, -0.25) is 0 Å². The van der Waals surface area contributed by atoms with Crippen molar-refractivity contribution >= 4 is 5.69 Å². The third kappa shape index (κ3) is 2.65. The molecular weight excluding hydrogens is 254 g/mol. The highest BCUT2D eigenvalue weighted by molar-refractivity contribution is 5.57. The molecule has 2 heterocycles. The monoisotopic (exact) mass is 273 g/mol. The first-order chi connectivity index (χ1) is 9.74. The van der Waals surface area contributed by atoms with Gasteiger partial charge in [0.1, 0.15) is 6.33 Å². The zero-order valence-electron chi connectivity index (χ0n) is 11.8. The first-order valence-electron chi connectivity index (χ1n) is 6.92. The lowest BCUT2D eigenvalue weighted by Gasteiger charge is -2.22. The first kappa shape index (κ1) is 13.1. The average Bonchev–Trinajstić information content (AvgIpc) is 3.14. The Hall–Kier alpha value is -1.95. The van der Waals surface area contributed by atoms with Crippen LogP contribution in [0.4, 0.5) is 5.69 Å². The Labute approximate surface area is 118 Å². The highest BCUT2D eigenvalue weighted by Crippen LogP contribution is 2.24. The molecule has 1 saturated heterocycles. The molecule has 0 radical (unpaired) electrons. The number of hydrogen-bond acceptors (Lipinski definition) is 5. The smallest absolute Gasteiger partial charge is 0.143 e. The molecule has 2 unspecified atom stereocenters. The summed E-state index contributed by atoms with van der Waals surface area (Å²) in [7, 11) is 0. The number of rotatable bonds is 4. The average molecular weight is 273 g/mol. The molecule has 1 aromatic carbocycles. The second kappa shape index (κ2) is 5.58. The molecule has 1 N–H and O–H groups in total. The number of aromatic nitrogens is 4. The Morgan fingerprint density at radius 1 is 1.45 bits per heavy atom. The summed E-state index contributed by atoms with van der Waals surface area (Å²) in [4.78, 5) is 0. The normalized spacial score (nSPS) is 20.0. The lowest BCUT2D eigenvalue weighted by molar-refractivity contribution is 0.183. The van der Waals surface area contributed by atoms with Crippen molar-refractivity contribution in [3.63, 3.8) is 0 Å². The topological polar surface area (TPSA) is 64.9 Å². The van der Waals surface area contributed by atoms with E-state index in [9.17, 15) is 0 Å². The highest BCUT2D eigenvalue weighted by Gasteiger charge is 2.22. The van der Waals surface area contributed by atoms with Crippen molar-refractivity contribution in [2.24, 2.45) is 5.92 Å². The van der Waals surface area contributed by atoms with Gasteiger partial charge in [-0.1, -0.05) is 6.07 Å². The summed E-state index contributed by atoms with van der Waals surface area (Å²) in [6, 6.07) is 6.57. The molecule has 0 saturated carbocycles. The van der Waals surface area contributed by atoms with Crippen molar-refractivity contribution in [3.05, 3.63) is 30.1 Å². The van der Waals surface area contributed by atoms with E-state index in [4.69, 9.17) is 4.74 Å². The number of anilines is 1. The van der Waals surface area contributed by atoms with E-state index in [2.05, 4.69) is 46.8 Å². The fourth-order valence-electron chi connectivity index (χ4n) is 2.50. The number of hydrogen-bond donors (Lipinski definition) is 1. The third-order valence-corrected chi connectivity index (χ3v) is 3.89. The van der Waals surface area contributed by atoms with Crippen molar-refractivity contribution in [1.29, 1.82) is 0 Å². The zero-order valence-corrected chi connectivity index (χ0v) is 11.8. The summed E-state index contributed by atoms with van der Waals surface area (Å²) in [6.45, 7) is 6.03. The number of nitrogens with zero attached hydrogens (tertiary/aromatic N) is 4. The maximum atomic E-state index is 5.46. The number of nitrogens with one attached hydrogen (secondary N) is 1. The summed E-state index contributed by atoms with van der Waals surface area (Å²) >= 11 is 0. The van der Waals surface area contributed by atoms with E-state index in [1.807, 2.05) is 6.07 Å². The van der Waals surface area contributed by atoms with Crippen molar-refractivity contribution in [3.8, 4) is 5.69 Å². The second-order valence-electron chi connectivity index (χ2n) is 5.31. The van der Waals surface area contributed by atoms with E-state index >= 15 is 0 Å². The molecule has 0 bridgehead atoms. The van der Waals surface area contributed by atoms with Crippen LogP contribution < -0.4 is 5.32 Å². The lowest BCUT2D eigenvalue weighted by Crippen LogP contribution is -2.26. The van der Waals surface area contributed by atoms with Crippen LogP contribution in [0.3, 0.4) is 0 Å². The van der Waals surface area contributed by atoms with Crippen LogP contribution in [0, 0.1) is 12.8 Å². The molecule has 20 heavy (non-hydrogen) atoms. The van der Waals surface area contributed by atoms with Crippen molar-refractivity contribution in [1.82, 2.24) is 20.2 Å². The molecule has 1 aliphatic heterocycles. The maximum Gasteiger partial charge on any atom is 0.143 e. The van der Waals surface area contributed by atoms with Gasteiger partial charge in [-0.25, -0.2) is 4.68 Å². The molecule has 0 amide bonds. The minimum Gasteiger partial charge on any atom is -0.382 e. The summed E-state index contributed by atoms with van der Waals surface area (Å²) in [5, 5.41) is 14.9. The molecule has 6 heteroatoms. The van der Waals surface area contributed by atoms with E-state index in [0.29, 0.717) is 12.0 Å². The van der Waals surface area contributed by atoms with Crippen LogP contribution in [0.5, 0.6) is 0 Å². The number of benzene rings is 1. The molecule has 0 spiro atoms. The van der Waals surface area contributed by atoms with E-state index in [1.165, 1.54) is 5.56 Å². The van der Waals surface area contributed by atoms with Crippen LogP contribution in [0.15, 0.2) is 24.5 Å². The lowest BCUT2D eigenvalue weighted by atomic mass is 10.00. The van der Waals surface area contributed by atoms with Crippen LogP contribution in [-0.2, 0) is 4.74 Å². The van der Waals surface area contributed by atoms with Gasteiger partial charge >= 0.3 is 0 Å². The summed E-state index contributed by atoms with van der Waals surface area (Å²) in [6.07, 6.45) is 2.72. The molecule has 6 nitrogen and oxygen atoms in total. The predicted octanol–water partition coefficient (Wildman–Crippen LogP) is 1.81. The van der Waals surface area contributed by atoms with E-state index < -0.39 is 0 Å². The Kier molecular flexibility index (Phi) is 3.64. The molecular formula is C14H19N5O. The van der Waals surface area contributed by atoms with Gasteiger partial charge in [-0.05, 0) is 48.4 Å². The largest absolute Gasteiger partial charge is 0.382 e. The third-order valence-electron chi connectivity index (χ3n) is 3.89. The molecule has 1 fully saturated rings. The minimum atomic E-state index is 0.389. The summed E-state index contributed by atoms with van der Waals surface area (Å²) in [5.41, 5.74) is 3.29. The summed E-state index contributed by atoms with van der Waals surface area (Å²) in [5.74, 6) is 0.575. The van der Waals surface area contributed by atoms with Gasteiger partial charge < -0.3 is 10.1 Å². The molecule has 106 valence electrons. The fraction of sp³-hybridized carbons (Fsp3) is 0.500. The van der Waals surface area contributed by atoms with Crippen molar-refractivity contribution < 1.29 is 4.74 Å². The zero-order chi connectivity index (χ0) is 13.9. The number of aryl methyl sites for hydroxylation is 1. The van der Waals surface area contributed by atoms with Crippen LogP contribution in [0.1, 0.15) is 18.9 Å². The fourth-order valence-corrected chi connectivity index (χ4v) is 2.50. The van der Waals surface area contributed by atoms with Crippen LogP contribution in [-0.4, -0.2) is 39.5 Å². The van der Waals surface area contributed by atoms with Crippen LogP contribution >= 0.6 is 0 Å². The summed E-state index contributed by atoms with van der Waals surface area (Å²) < 4.78 is 7.12. The predicted molar refractivity (Wildman–Crippen MR) is 75.9 cm³/mol. The highest BCUT2D eigenvalue weighted by atomic mass is 16.5. The SMILES string of the molecule is Cc1ccc(-n2cnnn2)cc1NC(C)C1CCOC1. The second-order valence-corrected chi connectivity index (χ2v) is 5.31. The van der Waals surface area contributed by atoms with Gasteiger partial charge in [0, 0.05) is 24.3 Å².